The standard InChI is InChI=1S/C14H11N3OS2/c15-12-8(13(16)18)4-3-7-11(12)20-14-17-9-5-1-2-6-10(9)19-14/h1-7H,15H2,(H2,16,18). The number of primary amides is 1. The molecular weight excluding hydrogens is 290 g/mol. The topological polar surface area (TPSA) is 82.0 Å². The molecule has 4 nitrogen and oxygen atoms in total. The molecule has 0 saturated carbocycles. The second-order valence-corrected chi connectivity index (χ2v) is 6.45. The van der Waals surface area contributed by atoms with Gasteiger partial charge in [0.15, 0.2) is 4.34 Å². The molecule has 1 aromatic heterocycles. The van der Waals surface area contributed by atoms with Gasteiger partial charge in [-0.15, -0.1) is 11.3 Å². The second-order valence-electron chi connectivity index (χ2n) is 4.13. The van der Waals surface area contributed by atoms with E-state index in [2.05, 4.69) is 4.98 Å². The molecular formula is C14H11N3OS2. The van der Waals surface area contributed by atoms with Crippen LogP contribution in [0.4, 0.5) is 5.69 Å². The number of carbonyl (C=O) groups excluding carboxylic acids is 1. The van der Waals surface area contributed by atoms with Crippen LogP contribution < -0.4 is 11.5 Å². The lowest BCUT2D eigenvalue weighted by Gasteiger charge is -2.06. The van der Waals surface area contributed by atoms with Crippen molar-refractivity contribution in [2.75, 3.05) is 5.73 Å². The van der Waals surface area contributed by atoms with Gasteiger partial charge in [0.1, 0.15) is 0 Å². The van der Waals surface area contributed by atoms with E-state index in [1.54, 1.807) is 23.5 Å². The Labute approximate surface area is 123 Å². The van der Waals surface area contributed by atoms with Crippen LogP contribution in [-0.2, 0) is 0 Å². The Kier molecular flexibility index (Phi) is 3.33. The van der Waals surface area contributed by atoms with Crippen LogP contribution in [0.3, 0.4) is 0 Å². The molecule has 0 atom stereocenters. The maximum atomic E-state index is 11.3. The lowest BCUT2D eigenvalue weighted by molar-refractivity contribution is 0.100. The third kappa shape index (κ3) is 2.35. The monoisotopic (exact) mass is 301 g/mol. The fourth-order valence-electron chi connectivity index (χ4n) is 1.84. The number of rotatable bonds is 3. The van der Waals surface area contributed by atoms with E-state index in [9.17, 15) is 4.79 Å². The number of hydrogen-bond donors (Lipinski definition) is 2. The molecule has 2 aromatic carbocycles. The van der Waals surface area contributed by atoms with E-state index in [4.69, 9.17) is 11.5 Å². The summed E-state index contributed by atoms with van der Waals surface area (Å²) in [5.41, 5.74) is 13.0. The maximum Gasteiger partial charge on any atom is 0.250 e. The number of nitrogen functional groups attached to an aromatic ring is 1. The van der Waals surface area contributed by atoms with Gasteiger partial charge in [0.2, 0.25) is 0 Å². The number of nitrogens with zero attached hydrogens (tertiary/aromatic N) is 1. The molecule has 3 rings (SSSR count). The summed E-state index contributed by atoms with van der Waals surface area (Å²) in [4.78, 5) is 16.6. The summed E-state index contributed by atoms with van der Waals surface area (Å²) in [5, 5.41) is 0. The van der Waals surface area contributed by atoms with Crippen LogP contribution in [0.5, 0.6) is 0 Å². The second kappa shape index (κ2) is 5.15. The van der Waals surface area contributed by atoms with Gasteiger partial charge in [-0.2, -0.15) is 0 Å². The molecule has 100 valence electrons. The van der Waals surface area contributed by atoms with E-state index in [-0.39, 0.29) is 0 Å². The van der Waals surface area contributed by atoms with Gasteiger partial charge in [0.05, 0.1) is 21.5 Å². The zero-order valence-electron chi connectivity index (χ0n) is 10.4. The molecule has 3 aromatic rings. The van der Waals surface area contributed by atoms with Gasteiger partial charge >= 0.3 is 0 Å². The molecule has 0 spiro atoms. The molecule has 0 saturated heterocycles. The zero-order chi connectivity index (χ0) is 14.1. The van der Waals surface area contributed by atoms with Crippen molar-refractivity contribution < 1.29 is 4.79 Å². The van der Waals surface area contributed by atoms with Crippen LogP contribution in [-0.4, -0.2) is 10.9 Å². The highest BCUT2D eigenvalue weighted by molar-refractivity contribution is 8.01. The average Bonchev–Trinajstić information content (AvgIpc) is 2.83. The number of amides is 1. The Morgan fingerprint density at radius 1 is 1.15 bits per heavy atom. The SMILES string of the molecule is NC(=O)c1cccc(Sc2nc3ccccc3s2)c1N. The van der Waals surface area contributed by atoms with Crippen LogP contribution in [0.15, 0.2) is 51.7 Å². The van der Waals surface area contributed by atoms with Crippen molar-refractivity contribution in [2.45, 2.75) is 9.24 Å². The van der Waals surface area contributed by atoms with Gasteiger partial charge in [-0.1, -0.05) is 30.0 Å². The van der Waals surface area contributed by atoms with E-state index >= 15 is 0 Å². The molecule has 6 heteroatoms. The fourth-order valence-corrected chi connectivity index (χ4v) is 3.94. The molecule has 20 heavy (non-hydrogen) atoms. The molecule has 0 radical (unpaired) electrons. The number of benzene rings is 2. The minimum Gasteiger partial charge on any atom is -0.397 e. The van der Waals surface area contributed by atoms with Gasteiger partial charge in [-0.05, 0) is 24.3 Å². The molecule has 0 bridgehead atoms. The molecule has 0 aliphatic heterocycles. The minimum absolute atomic E-state index is 0.344. The van der Waals surface area contributed by atoms with Crippen molar-refractivity contribution in [3.63, 3.8) is 0 Å². The van der Waals surface area contributed by atoms with Crippen molar-refractivity contribution in [1.29, 1.82) is 0 Å². The van der Waals surface area contributed by atoms with Crippen LogP contribution >= 0.6 is 23.1 Å². The maximum absolute atomic E-state index is 11.3. The van der Waals surface area contributed by atoms with Gasteiger partial charge in [-0.3, -0.25) is 4.79 Å². The van der Waals surface area contributed by atoms with Gasteiger partial charge in [0.25, 0.3) is 5.91 Å². The third-order valence-electron chi connectivity index (χ3n) is 2.80. The van der Waals surface area contributed by atoms with Crippen LogP contribution in [0.2, 0.25) is 0 Å². The first-order valence-electron chi connectivity index (χ1n) is 5.87. The number of anilines is 1. The lowest BCUT2D eigenvalue weighted by Crippen LogP contribution is -2.13. The Balaban J connectivity index is 1.98. The average molecular weight is 301 g/mol. The first kappa shape index (κ1) is 13.0. The predicted octanol–water partition coefficient (Wildman–Crippen LogP) is 3.13. The molecule has 0 aliphatic rings. The fraction of sp³-hybridized carbons (Fsp3) is 0. The first-order chi connectivity index (χ1) is 9.65. The van der Waals surface area contributed by atoms with Crippen molar-refractivity contribution >= 4 is 44.9 Å². The van der Waals surface area contributed by atoms with Gasteiger partial charge in [-0.25, -0.2) is 4.98 Å². The molecule has 0 aliphatic carbocycles. The summed E-state index contributed by atoms with van der Waals surface area (Å²) in [5.74, 6) is -0.519. The summed E-state index contributed by atoms with van der Waals surface area (Å²) >= 11 is 3.04. The molecule has 1 amide bonds. The molecule has 0 fully saturated rings. The number of hydrogen-bond acceptors (Lipinski definition) is 5. The van der Waals surface area contributed by atoms with Crippen molar-refractivity contribution in [3.8, 4) is 0 Å². The van der Waals surface area contributed by atoms with E-state index in [1.165, 1.54) is 11.8 Å². The van der Waals surface area contributed by atoms with E-state index < -0.39 is 5.91 Å². The highest BCUT2D eigenvalue weighted by atomic mass is 32.2. The summed E-state index contributed by atoms with van der Waals surface area (Å²) in [7, 11) is 0. The number of aromatic nitrogens is 1. The minimum atomic E-state index is -0.519. The summed E-state index contributed by atoms with van der Waals surface area (Å²) in [6.07, 6.45) is 0. The molecule has 0 unspecified atom stereocenters. The molecule has 1 heterocycles. The molecule has 4 N–H and O–H groups in total. The van der Waals surface area contributed by atoms with Gasteiger partial charge in [0, 0.05) is 4.90 Å². The van der Waals surface area contributed by atoms with E-state index in [0.29, 0.717) is 11.3 Å². The predicted molar refractivity (Wildman–Crippen MR) is 83.1 cm³/mol. The summed E-state index contributed by atoms with van der Waals surface area (Å²) < 4.78 is 2.01. The Hall–Kier alpha value is -2.05. The Morgan fingerprint density at radius 2 is 1.95 bits per heavy atom. The first-order valence-corrected chi connectivity index (χ1v) is 7.50. The highest BCUT2D eigenvalue weighted by Crippen LogP contribution is 2.37. The Bertz CT molecular complexity index is 765. The number of para-hydroxylation sites is 2. The highest BCUT2D eigenvalue weighted by Gasteiger charge is 2.12. The van der Waals surface area contributed by atoms with E-state index in [0.717, 1.165) is 19.5 Å². The largest absolute Gasteiger partial charge is 0.397 e. The normalized spacial score (nSPS) is 10.8. The number of thiazole rings is 1. The zero-order valence-corrected chi connectivity index (χ0v) is 12.0. The van der Waals surface area contributed by atoms with Crippen LogP contribution in [0.25, 0.3) is 10.2 Å². The van der Waals surface area contributed by atoms with Gasteiger partial charge < -0.3 is 11.5 Å². The van der Waals surface area contributed by atoms with E-state index in [1.807, 2.05) is 30.3 Å². The quantitative estimate of drug-likeness (QED) is 0.728. The van der Waals surface area contributed by atoms with Crippen molar-refractivity contribution in [3.05, 3.63) is 48.0 Å². The smallest absolute Gasteiger partial charge is 0.250 e. The van der Waals surface area contributed by atoms with Crippen molar-refractivity contribution in [1.82, 2.24) is 4.98 Å². The van der Waals surface area contributed by atoms with Crippen molar-refractivity contribution in [2.24, 2.45) is 5.73 Å². The summed E-state index contributed by atoms with van der Waals surface area (Å²) in [6.45, 7) is 0. The summed E-state index contributed by atoms with van der Waals surface area (Å²) in [6, 6.07) is 13.2. The number of carbonyl (C=O) groups is 1. The van der Waals surface area contributed by atoms with Crippen LogP contribution in [0, 0.1) is 0 Å². The van der Waals surface area contributed by atoms with Crippen LogP contribution in [0.1, 0.15) is 10.4 Å². The Morgan fingerprint density at radius 3 is 2.70 bits per heavy atom. The lowest BCUT2D eigenvalue weighted by atomic mass is 10.2. The third-order valence-corrected chi connectivity index (χ3v) is 4.98. The number of nitrogens with two attached hydrogens (primary N) is 2. The number of fused-ring (bicyclic) bond motifs is 1.